The van der Waals surface area contributed by atoms with Crippen LogP contribution in [0, 0.1) is 0 Å². The summed E-state index contributed by atoms with van der Waals surface area (Å²) in [6, 6.07) is 1.45. The fourth-order valence-corrected chi connectivity index (χ4v) is 2.25. The minimum Gasteiger partial charge on any atom is -0.489 e. The van der Waals surface area contributed by atoms with Crippen LogP contribution in [0.5, 0.6) is 5.75 Å². The van der Waals surface area contributed by atoms with Crippen molar-refractivity contribution in [3.05, 3.63) is 23.8 Å². The van der Waals surface area contributed by atoms with Gasteiger partial charge in [-0.2, -0.15) is 13.2 Å². The van der Waals surface area contributed by atoms with Crippen molar-refractivity contribution in [2.45, 2.75) is 6.18 Å². The summed E-state index contributed by atoms with van der Waals surface area (Å²) in [5.74, 6) is -3.37. The number of hydrogen-bond donors (Lipinski definition) is 1. The van der Waals surface area contributed by atoms with Crippen molar-refractivity contribution in [1.82, 2.24) is 9.80 Å². The van der Waals surface area contributed by atoms with E-state index in [1.54, 1.807) is 0 Å². The number of alkyl halides is 3. The number of nitrogens with one attached hydrogen (secondary N) is 1. The van der Waals surface area contributed by atoms with Crippen LogP contribution in [0.2, 0.25) is 0 Å². The van der Waals surface area contributed by atoms with E-state index in [1.807, 2.05) is 0 Å². The second-order valence-electron chi connectivity index (χ2n) is 5.64. The van der Waals surface area contributed by atoms with Crippen LogP contribution in [0.4, 0.5) is 23.7 Å². The van der Waals surface area contributed by atoms with Gasteiger partial charge in [-0.25, -0.2) is 9.69 Å². The topological polar surface area (TPSA) is 105 Å². The van der Waals surface area contributed by atoms with E-state index in [0.29, 0.717) is 15.9 Å². The van der Waals surface area contributed by atoms with Gasteiger partial charge in [0.15, 0.2) is 0 Å². The molecule has 1 N–H and O–H groups in total. The summed E-state index contributed by atoms with van der Waals surface area (Å²) in [7, 11) is 2.47. The quantitative estimate of drug-likeness (QED) is 0.415. The van der Waals surface area contributed by atoms with E-state index in [2.05, 4.69) is 5.32 Å². The molecule has 2 rings (SSSR count). The Balaban J connectivity index is 2.20. The number of hydrogen-bond acceptors (Lipinski definition) is 6. The zero-order valence-electron chi connectivity index (χ0n) is 14.8. The first kappa shape index (κ1) is 21.2. The fraction of sp³-hybridized carbons (Fsp3) is 0.375. The number of urea groups is 1. The number of ether oxygens (including phenoxy) is 2. The molecule has 0 saturated carbocycles. The van der Waals surface area contributed by atoms with Gasteiger partial charge in [0.2, 0.25) is 5.91 Å². The number of anilines is 1. The average molecular weight is 403 g/mol. The lowest BCUT2D eigenvalue weighted by Gasteiger charge is -2.17. The summed E-state index contributed by atoms with van der Waals surface area (Å²) in [5, 5.41) is 2.17. The van der Waals surface area contributed by atoms with Crippen LogP contribution in [-0.2, 0) is 25.3 Å². The third kappa shape index (κ3) is 4.57. The van der Waals surface area contributed by atoms with Gasteiger partial charge in [-0.05, 0) is 18.2 Å². The van der Waals surface area contributed by atoms with Gasteiger partial charge in [0.1, 0.15) is 18.9 Å². The first-order valence-electron chi connectivity index (χ1n) is 7.82. The van der Waals surface area contributed by atoms with E-state index in [1.165, 1.54) is 7.11 Å². The van der Waals surface area contributed by atoms with Crippen LogP contribution in [-0.4, -0.2) is 67.5 Å². The van der Waals surface area contributed by atoms with Gasteiger partial charge < -0.3 is 14.8 Å². The second kappa shape index (κ2) is 8.25. The molecule has 12 heteroatoms. The molecule has 0 bridgehead atoms. The zero-order chi connectivity index (χ0) is 21.1. The highest BCUT2D eigenvalue weighted by Gasteiger charge is 2.43. The van der Waals surface area contributed by atoms with Crippen molar-refractivity contribution in [2.75, 3.05) is 39.2 Å². The van der Waals surface area contributed by atoms with Crippen LogP contribution >= 0.6 is 0 Å². The highest BCUT2D eigenvalue weighted by Crippen LogP contribution is 2.35. The van der Waals surface area contributed by atoms with Crippen LogP contribution < -0.4 is 10.1 Å². The molecular weight excluding hydrogens is 387 g/mol. The first-order chi connectivity index (χ1) is 13.1. The van der Waals surface area contributed by atoms with E-state index in [-0.39, 0.29) is 24.7 Å². The van der Waals surface area contributed by atoms with Crippen molar-refractivity contribution in [3.8, 4) is 5.75 Å². The molecule has 152 valence electrons. The fourth-order valence-electron chi connectivity index (χ4n) is 2.25. The van der Waals surface area contributed by atoms with Gasteiger partial charge in [-0.15, -0.1) is 0 Å². The summed E-state index contributed by atoms with van der Waals surface area (Å²) in [4.78, 5) is 48.0. The number of likely N-dealkylation sites (N-methyl/N-ethyl adjacent to an activating group) is 1. The molecule has 1 aromatic rings. The number of nitrogens with zero attached hydrogens (tertiary/aromatic N) is 2. The molecular formula is C16H16F3N3O6. The monoisotopic (exact) mass is 403 g/mol. The molecule has 1 fully saturated rings. The minimum absolute atomic E-state index is 0.00707. The summed E-state index contributed by atoms with van der Waals surface area (Å²) < 4.78 is 48.9. The average Bonchev–Trinajstić information content (AvgIpc) is 2.80. The molecule has 0 radical (unpaired) electrons. The molecule has 5 amide bonds. The summed E-state index contributed by atoms with van der Waals surface area (Å²) in [6.07, 6.45) is -4.67. The molecule has 0 unspecified atom stereocenters. The van der Waals surface area contributed by atoms with E-state index in [9.17, 15) is 32.3 Å². The standard InChI is InChI=1S/C16H16F3N3O6/c1-21-13(24)14(25)22(15(21)26)8-12(23)20-10-7-9(16(17,18)19)3-4-11(10)28-6-5-27-2/h3-4,7H,5-6,8H2,1-2H3,(H,20,23). The molecule has 0 aliphatic carbocycles. The first-order valence-corrected chi connectivity index (χ1v) is 7.82. The Morgan fingerprint density at radius 3 is 2.36 bits per heavy atom. The molecule has 1 aliphatic heterocycles. The van der Waals surface area contributed by atoms with Crippen molar-refractivity contribution >= 4 is 29.4 Å². The predicted molar refractivity (Wildman–Crippen MR) is 87.3 cm³/mol. The lowest BCUT2D eigenvalue weighted by Crippen LogP contribution is -2.38. The molecule has 9 nitrogen and oxygen atoms in total. The number of benzene rings is 1. The summed E-state index contributed by atoms with van der Waals surface area (Å²) in [5.41, 5.74) is -1.35. The Hall–Kier alpha value is -3.15. The van der Waals surface area contributed by atoms with E-state index < -0.39 is 42.0 Å². The Bertz CT molecular complexity index is 811. The van der Waals surface area contributed by atoms with Gasteiger partial charge in [0.05, 0.1) is 17.9 Å². The number of amides is 5. The van der Waals surface area contributed by atoms with Crippen LogP contribution in [0.15, 0.2) is 18.2 Å². The van der Waals surface area contributed by atoms with Gasteiger partial charge in [-0.3, -0.25) is 19.3 Å². The SMILES string of the molecule is COCCOc1ccc(C(F)(F)F)cc1NC(=O)CN1C(=O)C(=O)N(C)C1=O. The van der Waals surface area contributed by atoms with Crippen molar-refractivity contribution < 1.29 is 41.8 Å². The Labute approximate surface area is 157 Å². The van der Waals surface area contributed by atoms with Gasteiger partial charge >= 0.3 is 24.0 Å². The van der Waals surface area contributed by atoms with Crippen molar-refractivity contribution in [3.63, 3.8) is 0 Å². The van der Waals surface area contributed by atoms with E-state index >= 15 is 0 Å². The largest absolute Gasteiger partial charge is 0.489 e. The number of rotatable bonds is 7. The smallest absolute Gasteiger partial charge is 0.416 e. The third-order valence-corrected chi connectivity index (χ3v) is 3.68. The molecule has 28 heavy (non-hydrogen) atoms. The zero-order valence-corrected chi connectivity index (χ0v) is 14.8. The normalized spacial score (nSPS) is 14.7. The van der Waals surface area contributed by atoms with Crippen molar-refractivity contribution in [2.24, 2.45) is 0 Å². The maximum Gasteiger partial charge on any atom is 0.416 e. The Morgan fingerprint density at radius 2 is 1.82 bits per heavy atom. The number of methoxy groups -OCH3 is 1. The van der Waals surface area contributed by atoms with Crippen LogP contribution in [0.1, 0.15) is 5.56 Å². The van der Waals surface area contributed by atoms with E-state index in [4.69, 9.17) is 9.47 Å². The number of halogens is 3. The van der Waals surface area contributed by atoms with Gasteiger partial charge in [0, 0.05) is 14.2 Å². The molecule has 1 heterocycles. The molecule has 1 aliphatic rings. The highest BCUT2D eigenvalue weighted by molar-refractivity contribution is 6.44. The minimum atomic E-state index is -4.67. The Morgan fingerprint density at radius 1 is 1.14 bits per heavy atom. The number of imide groups is 2. The lowest BCUT2D eigenvalue weighted by atomic mass is 10.1. The van der Waals surface area contributed by atoms with Gasteiger partial charge in [-0.1, -0.05) is 0 Å². The molecule has 0 atom stereocenters. The summed E-state index contributed by atoms with van der Waals surface area (Å²) in [6.45, 7) is -0.686. The molecule has 1 saturated heterocycles. The molecule has 0 spiro atoms. The number of carbonyl (C=O) groups excluding carboxylic acids is 4. The van der Waals surface area contributed by atoms with Crippen LogP contribution in [0.3, 0.4) is 0 Å². The molecule has 1 aromatic carbocycles. The lowest BCUT2D eigenvalue weighted by molar-refractivity contribution is -0.143. The maximum atomic E-state index is 12.9. The maximum absolute atomic E-state index is 12.9. The predicted octanol–water partition coefficient (Wildman–Crippen LogP) is 1.09. The molecule has 0 aromatic heterocycles. The van der Waals surface area contributed by atoms with E-state index in [0.717, 1.165) is 19.2 Å². The third-order valence-electron chi connectivity index (χ3n) is 3.68. The summed E-state index contributed by atoms with van der Waals surface area (Å²) >= 11 is 0. The number of carbonyl (C=O) groups is 4. The second-order valence-corrected chi connectivity index (χ2v) is 5.64. The van der Waals surface area contributed by atoms with Gasteiger partial charge in [0.25, 0.3) is 0 Å². The Kier molecular flexibility index (Phi) is 6.23. The highest BCUT2D eigenvalue weighted by atomic mass is 19.4. The van der Waals surface area contributed by atoms with Crippen LogP contribution in [0.25, 0.3) is 0 Å². The van der Waals surface area contributed by atoms with Crippen molar-refractivity contribution in [1.29, 1.82) is 0 Å².